The first kappa shape index (κ1) is 12.9. The monoisotopic (exact) mass is 282 g/mol. The summed E-state index contributed by atoms with van der Waals surface area (Å²) in [6.07, 6.45) is 1.51. The molecule has 3 rings (SSSR count). The van der Waals surface area contributed by atoms with Crippen molar-refractivity contribution in [3.8, 4) is 17.6 Å². The first-order valence-corrected chi connectivity index (χ1v) is 6.16. The summed E-state index contributed by atoms with van der Waals surface area (Å²) in [4.78, 5) is 10.5. The van der Waals surface area contributed by atoms with Crippen molar-refractivity contribution in [2.45, 2.75) is 0 Å². The normalized spacial score (nSPS) is 12.9. The van der Waals surface area contributed by atoms with Crippen LogP contribution in [0.4, 0.5) is 0 Å². The summed E-state index contributed by atoms with van der Waals surface area (Å²) in [6, 6.07) is 9.03. The predicted molar refractivity (Wildman–Crippen MR) is 75.7 cm³/mol. The van der Waals surface area contributed by atoms with Crippen molar-refractivity contribution in [2.24, 2.45) is 0 Å². The van der Waals surface area contributed by atoms with Gasteiger partial charge in [0.05, 0.1) is 17.6 Å². The Morgan fingerprint density at radius 3 is 2.90 bits per heavy atom. The van der Waals surface area contributed by atoms with Crippen LogP contribution in [0.5, 0.6) is 11.5 Å². The second kappa shape index (κ2) is 4.80. The molecule has 0 N–H and O–H groups in total. The summed E-state index contributed by atoms with van der Waals surface area (Å²) in [5.41, 5.74) is 1.05. The predicted octanol–water partition coefficient (Wildman–Crippen LogP) is 2.73. The molecular weight excluding hydrogens is 272 g/mol. The summed E-state index contributed by atoms with van der Waals surface area (Å²) in [5.74, 6) is 1.01. The minimum absolute atomic E-state index is 0.00155. The zero-order chi connectivity index (χ0) is 15.0. The van der Waals surface area contributed by atoms with Crippen LogP contribution in [0.15, 0.2) is 30.0 Å². The largest absolute Gasteiger partial charge is 0.495 e. The number of hydrogen-bond acceptors (Lipinski definition) is 5. The van der Waals surface area contributed by atoms with E-state index in [1.165, 1.54) is 13.2 Å². The zero-order valence-electron chi connectivity index (χ0n) is 11.1. The van der Waals surface area contributed by atoms with E-state index in [1.54, 1.807) is 18.2 Å². The molecule has 0 saturated carbocycles. The molecule has 0 spiro atoms. The molecule has 0 aromatic heterocycles. The molecule has 1 aliphatic heterocycles. The maximum Gasteiger partial charge on any atom is 0.284 e. The van der Waals surface area contributed by atoms with E-state index in [4.69, 9.17) is 14.7 Å². The molecule has 0 fully saturated rings. The van der Waals surface area contributed by atoms with Crippen LogP contribution in [0.3, 0.4) is 0 Å². The number of nitriles is 1. The van der Waals surface area contributed by atoms with Crippen LogP contribution < -0.4 is 9.47 Å². The van der Waals surface area contributed by atoms with Gasteiger partial charge in [-0.25, -0.2) is 0 Å². The lowest BCUT2D eigenvalue weighted by Gasteiger charge is -2.16. The molecule has 0 unspecified atom stereocenters. The number of hydrogen-bond donors (Lipinski definition) is 0. The van der Waals surface area contributed by atoms with Gasteiger partial charge in [-0.15, -0.1) is 0 Å². The van der Waals surface area contributed by atoms with Crippen LogP contribution in [0.2, 0.25) is 0 Å². The van der Waals surface area contributed by atoms with Gasteiger partial charge in [-0.1, -0.05) is 6.07 Å². The summed E-state index contributed by atoms with van der Waals surface area (Å²) in [7, 11) is 1.48. The zero-order valence-corrected chi connectivity index (χ0v) is 11.1. The Morgan fingerprint density at radius 1 is 1.43 bits per heavy atom. The number of nitro groups is 1. The molecule has 0 aliphatic carbocycles. The van der Waals surface area contributed by atoms with Gasteiger partial charge in [0.1, 0.15) is 17.6 Å². The maximum absolute atomic E-state index is 10.9. The third-order valence-electron chi connectivity index (χ3n) is 3.38. The molecule has 0 radical (unpaired) electrons. The fraction of sp³-hybridized carbons (Fsp3) is 0.133. The van der Waals surface area contributed by atoms with Crippen molar-refractivity contribution < 1.29 is 14.4 Å². The van der Waals surface area contributed by atoms with Crippen molar-refractivity contribution in [2.75, 3.05) is 13.7 Å². The van der Waals surface area contributed by atoms with E-state index in [0.717, 1.165) is 10.8 Å². The number of methoxy groups -OCH3 is 1. The lowest BCUT2D eigenvalue weighted by molar-refractivity contribution is -0.427. The Labute approximate surface area is 120 Å². The smallest absolute Gasteiger partial charge is 0.284 e. The Balaban J connectivity index is 2.32. The number of rotatable bonds is 2. The summed E-state index contributed by atoms with van der Waals surface area (Å²) < 4.78 is 10.6. The average Bonchev–Trinajstić information content (AvgIpc) is 2.52. The molecule has 21 heavy (non-hydrogen) atoms. The van der Waals surface area contributed by atoms with Gasteiger partial charge in [-0.2, -0.15) is 5.26 Å². The van der Waals surface area contributed by atoms with E-state index in [-0.39, 0.29) is 12.3 Å². The topological polar surface area (TPSA) is 85.4 Å². The van der Waals surface area contributed by atoms with E-state index in [9.17, 15) is 10.1 Å². The quantitative estimate of drug-likeness (QED) is 0.624. The highest BCUT2D eigenvalue weighted by molar-refractivity contribution is 5.95. The highest BCUT2D eigenvalue weighted by Gasteiger charge is 2.22. The molecule has 104 valence electrons. The fourth-order valence-corrected chi connectivity index (χ4v) is 2.35. The third kappa shape index (κ3) is 2.05. The summed E-state index contributed by atoms with van der Waals surface area (Å²) >= 11 is 0. The van der Waals surface area contributed by atoms with Gasteiger partial charge in [0, 0.05) is 11.6 Å². The van der Waals surface area contributed by atoms with Crippen molar-refractivity contribution in [3.05, 3.63) is 51.2 Å². The minimum atomic E-state index is -0.456. The van der Waals surface area contributed by atoms with E-state index in [1.807, 2.05) is 6.07 Å². The molecule has 1 heterocycles. The number of fused-ring (bicyclic) bond motifs is 3. The van der Waals surface area contributed by atoms with E-state index >= 15 is 0 Å². The van der Waals surface area contributed by atoms with Crippen molar-refractivity contribution in [1.29, 1.82) is 5.26 Å². The van der Waals surface area contributed by atoms with Crippen LogP contribution in [-0.4, -0.2) is 18.6 Å². The molecule has 0 bridgehead atoms. The lowest BCUT2D eigenvalue weighted by Crippen LogP contribution is -2.13. The van der Waals surface area contributed by atoms with Crippen LogP contribution in [0.25, 0.3) is 16.8 Å². The highest BCUT2D eigenvalue weighted by atomic mass is 16.6. The maximum atomic E-state index is 10.9. The fourth-order valence-electron chi connectivity index (χ4n) is 2.35. The van der Waals surface area contributed by atoms with Gasteiger partial charge in [0.15, 0.2) is 6.61 Å². The van der Waals surface area contributed by atoms with Gasteiger partial charge < -0.3 is 9.47 Å². The Bertz CT molecular complexity index is 834. The highest BCUT2D eigenvalue weighted by Crippen LogP contribution is 2.36. The number of ether oxygens (including phenoxy) is 2. The second-order valence-corrected chi connectivity index (χ2v) is 4.54. The van der Waals surface area contributed by atoms with Gasteiger partial charge in [0.25, 0.3) is 5.70 Å². The average molecular weight is 282 g/mol. The van der Waals surface area contributed by atoms with Crippen molar-refractivity contribution in [3.63, 3.8) is 0 Å². The first-order chi connectivity index (χ1) is 10.1. The Kier molecular flexibility index (Phi) is 2.95. The van der Waals surface area contributed by atoms with Crippen LogP contribution >= 0.6 is 0 Å². The Hall–Kier alpha value is -3.07. The lowest BCUT2D eigenvalue weighted by atomic mass is 9.99. The molecule has 1 aliphatic rings. The summed E-state index contributed by atoms with van der Waals surface area (Å²) in [5, 5.41) is 21.6. The van der Waals surface area contributed by atoms with E-state index in [0.29, 0.717) is 22.6 Å². The van der Waals surface area contributed by atoms with Crippen molar-refractivity contribution >= 4 is 16.8 Å². The second-order valence-electron chi connectivity index (χ2n) is 4.54. The molecule has 2 aromatic rings. The van der Waals surface area contributed by atoms with Crippen LogP contribution in [0.1, 0.15) is 11.1 Å². The standard InChI is InChI=1S/C15H10N2O4/c1-20-15-6-12-9(4-10(15)7-16)2-3-14-13(12)5-11(8-21-14)17(18)19/h2-6H,8H2,1H3. The van der Waals surface area contributed by atoms with Gasteiger partial charge in [-0.3, -0.25) is 10.1 Å². The van der Waals surface area contributed by atoms with E-state index < -0.39 is 4.92 Å². The minimum Gasteiger partial charge on any atom is -0.495 e. The van der Waals surface area contributed by atoms with Gasteiger partial charge in [-0.05, 0) is 29.0 Å². The van der Waals surface area contributed by atoms with Gasteiger partial charge >= 0.3 is 0 Å². The molecule has 0 saturated heterocycles. The number of benzene rings is 2. The molecular formula is C15H10N2O4. The Morgan fingerprint density at radius 2 is 2.24 bits per heavy atom. The SMILES string of the molecule is COc1cc2c3c(ccc2cc1C#N)OCC([N+](=O)[O-])=C3. The van der Waals surface area contributed by atoms with Crippen molar-refractivity contribution in [1.82, 2.24) is 0 Å². The van der Waals surface area contributed by atoms with E-state index in [2.05, 4.69) is 6.07 Å². The van der Waals surface area contributed by atoms with Crippen LogP contribution in [0, 0.1) is 21.4 Å². The summed E-state index contributed by atoms with van der Waals surface area (Å²) in [6.45, 7) is -0.0566. The van der Waals surface area contributed by atoms with Gasteiger partial charge in [0.2, 0.25) is 0 Å². The van der Waals surface area contributed by atoms with Crippen LogP contribution in [-0.2, 0) is 0 Å². The molecule has 6 heteroatoms. The molecule has 2 aromatic carbocycles. The molecule has 0 atom stereocenters. The third-order valence-corrected chi connectivity index (χ3v) is 3.38. The molecule has 0 amide bonds. The molecule has 6 nitrogen and oxygen atoms in total. The number of nitrogens with zero attached hydrogens (tertiary/aromatic N) is 2. The first-order valence-electron chi connectivity index (χ1n) is 6.16.